The number of H-pyrrole nitrogens is 1. The number of benzene rings is 1. The Kier molecular flexibility index (Phi) is 3.81. The average molecular weight is 308 g/mol. The topological polar surface area (TPSA) is 62.8 Å². The number of fused-ring (bicyclic) bond motifs is 1. The van der Waals surface area contributed by atoms with Crippen molar-refractivity contribution in [1.29, 1.82) is 0 Å². The van der Waals surface area contributed by atoms with E-state index in [0.717, 1.165) is 30.1 Å². The number of ether oxygens (including phenoxy) is 1. The number of methoxy groups -OCH3 is 1. The fourth-order valence-corrected chi connectivity index (χ4v) is 3.37. The zero-order chi connectivity index (χ0) is 15.6. The maximum Gasteiger partial charge on any atom is 0.109 e. The van der Waals surface area contributed by atoms with Gasteiger partial charge in [0.2, 0.25) is 0 Å². The van der Waals surface area contributed by atoms with Crippen LogP contribution in [0.15, 0.2) is 48.8 Å². The Hall–Kier alpha value is -2.24. The Labute approximate surface area is 135 Å². The lowest BCUT2D eigenvalue weighted by atomic mass is 9.87. The Morgan fingerprint density at radius 3 is 2.78 bits per heavy atom. The minimum Gasteiger partial charge on any atom is -0.367 e. The van der Waals surface area contributed by atoms with Crippen molar-refractivity contribution in [1.82, 2.24) is 20.3 Å². The molecule has 1 saturated heterocycles. The van der Waals surface area contributed by atoms with E-state index in [4.69, 9.17) is 4.74 Å². The van der Waals surface area contributed by atoms with Gasteiger partial charge in [0, 0.05) is 25.3 Å². The summed E-state index contributed by atoms with van der Waals surface area (Å²) in [6.45, 7) is 0. The van der Waals surface area contributed by atoms with Crippen LogP contribution in [-0.2, 0) is 4.74 Å². The number of aromatic nitrogens is 3. The second kappa shape index (κ2) is 6.10. The molecule has 0 radical (unpaired) electrons. The molecule has 0 aromatic heterocycles. The molecule has 2 N–H and O–H groups in total. The maximum atomic E-state index is 5.60. The average Bonchev–Trinajstić information content (AvgIpc) is 3.09. The number of nitrogens with zero attached hydrogens (tertiary/aromatic N) is 2. The molecule has 3 atom stereocenters. The fourth-order valence-electron chi connectivity index (χ4n) is 3.37. The minimum atomic E-state index is 0.0302. The van der Waals surface area contributed by atoms with Crippen LogP contribution < -0.4 is 5.32 Å². The van der Waals surface area contributed by atoms with Gasteiger partial charge >= 0.3 is 0 Å². The van der Waals surface area contributed by atoms with Gasteiger partial charge in [-0.1, -0.05) is 30.3 Å². The summed E-state index contributed by atoms with van der Waals surface area (Å²) in [7, 11) is 1.75. The molecule has 0 spiro atoms. The zero-order valence-corrected chi connectivity index (χ0v) is 13.1. The van der Waals surface area contributed by atoms with Gasteiger partial charge < -0.3 is 9.72 Å². The van der Waals surface area contributed by atoms with Crippen molar-refractivity contribution in [3.8, 4) is 11.4 Å². The first-order valence-electron chi connectivity index (χ1n) is 7.97. The van der Waals surface area contributed by atoms with Crippen LogP contribution in [-0.4, -0.2) is 28.3 Å². The van der Waals surface area contributed by atoms with E-state index in [1.54, 1.807) is 13.3 Å². The molecule has 1 aromatic rings. The molecule has 1 aromatic carbocycles. The lowest BCUT2D eigenvalue weighted by Crippen LogP contribution is -2.41. The molecule has 118 valence electrons. The molecule has 5 nitrogen and oxygen atoms in total. The van der Waals surface area contributed by atoms with Crippen LogP contribution in [0.3, 0.4) is 0 Å². The van der Waals surface area contributed by atoms with E-state index in [0.29, 0.717) is 5.92 Å². The van der Waals surface area contributed by atoms with Crippen molar-refractivity contribution in [3.63, 3.8) is 0 Å². The Balaban J connectivity index is 1.63. The molecule has 0 amide bonds. The standard InChI is InChI=1S/C18H20N4O/c1-23-17-10-13(9-15(21-17)12-5-3-2-4-6-12)18-20-11-16-14(22-18)7-8-19-16/h2-8,11,13,15,17,21H,9-10H2,1H3,(H,20,22). The van der Waals surface area contributed by atoms with Crippen LogP contribution in [0.5, 0.6) is 0 Å². The predicted molar refractivity (Wildman–Crippen MR) is 88.1 cm³/mol. The van der Waals surface area contributed by atoms with E-state index in [-0.39, 0.29) is 12.3 Å². The summed E-state index contributed by atoms with van der Waals surface area (Å²) in [5.41, 5.74) is 3.24. The Bertz CT molecular complexity index is 742. The van der Waals surface area contributed by atoms with Crippen LogP contribution in [0.1, 0.15) is 36.2 Å². The SMILES string of the molecule is COC1CC(c2ncc3nccc-3[nH]2)CC(c2ccccc2)N1. The van der Waals surface area contributed by atoms with Crippen molar-refractivity contribution < 1.29 is 4.74 Å². The summed E-state index contributed by atoms with van der Waals surface area (Å²) in [4.78, 5) is 12.3. The third-order valence-corrected chi connectivity index (χ3v) is 4.60. The monoisotopic (exact) mass is 308 g/mol. The Morgan fingerprint density at radius 2 is 1.96 bits per heavy atom. The third-order valence-electron chi connectivity index (χ3n) is 4.60. The van der Waals surface area contributed by atoms with Crippen LogP contribution in [0.4, 0.5) is 0 Å². The fraction of sp³-hybridized carbons (Fsp3) is 0.333. The maximum absolute atomic E-state index is 5.60. The number of hydrogen-bond acceptors (Lipinski definition) is 4. The molecule has 4 rings (SSSR count). The highest BCUT2D eigenvalue weighted by Crippen LogP contribution is 2.36. The smallest absolute Gasteiger partial charge is 0.109 e. The Morgan fingerprint density at radius 1 is 1.09 bits per heavy atom. The van der Waals surface area contributed by atoms with Crippen molar-refractivity contribution in [2.45, 2.75) is 31.0 Å². The highest BCUT2D eigenvalue weighted by atomic mass is 16.5. The van der Waals surface area contributed by atoms with Crippen LogP contribution in [0.25, 0.3) is 11.4 Å². The molecule has 3 unspecified atom stereocenters. The van der Waals surface area contributed by atoms with E-state index in [1.807, 2.05) is 18.3 Å². The number of aromatic amines is 1. The van der Waals surface area contributed by atoms with E-state index >= 15 is 0 Å². The van der Waals surface area contributed by atoms with E-state index in [9.17, 15) is 0 Å². The van der Waals surface area contributed by atoms with Crippen molar-refractivity contribution in [2.24, 2.45) is 0 Å². The van der Waals surface area contributed by atoms with Gasteiger partial charge in [-0.3, -0.25) is 10.3 Å². The summed E-state index contributed by atoms with van der Waals surface area (Å²) in [6.07, 6.45) is 5.58. The normalized spacial score (nSPS) is 24.8. The molecule has 3 aliphatic heterocycles. The molecule has 5 heteroatoms. The number of piperidine rings is 1. The van der Waals surface area contributed by atoms with Crippen LogP contribution in [0, 0.1) is 0 Å². The summed E-state index contributed by atoms with van der Waals surface area (Å²) in [6, 6.07) is 12.8. The molecule has 23 heavy (non-hydrogen) atoms. The van der Waals surface area contributed by atoms with Crippen molar-refractivity contribution in [3.05, 3.63) is 60.2 Å². The van der Waals surface area contributed by atoms with Crippen molar-refractivity contribution >= 4 is 0 Å². The molecule has 0 bridgehead atoms. The predicted octanol–water partition coefficient (Wildman–Crippen LogP) is 3.09. The third kappa shape index (κ3) is 2.85. The van der Waals surface area contributed by atoms with Gasteiger partial charge in [0.15, 0.2) is 0 Å². The molecule has 0 aliphatic carbocycles. The molecule has 3 aliphatic rings. The van der Waals surface area contributed by atoms with Gasteiger partial charge in [-0.2, -0.15) is 0 Å². The lowest BCUT2D eigenvalue weighted by Gasteiger charge is -2.35. The van der Waals surface area contributed by atoms with E-state index in [2.05, 4.69) is 44.5 Å². The van der Waals surface area contributed by atoms with Gasteiger partial charge in [0.1, 0.15) is 17.7 Å². The first kappa shape index (κ1) is 14.4. The van der Waals surface area contributed by atoms with Crippen LogP contribution in [0.2, 0.25) is 0 Å². The van der Waals surface area contributed by atoms with Crippen LogP contribution >= 0.6 is 0 Å². The van der Waals surface area contributed by atoms with Crippen molar-refractivity contribution in [2.75, 3.05) is 7.11 Å². The number of nitrogens with one attached hydrogen (secondary N) is 2. The first-order chi connectivity index (χ1) is 11.3. The zero-order valence-electron chi connectivity index (χ0n) is 13.1. The van der Waals surface area contributed by atoms with Gasteiger partial charge in [0.05, 0.1) is 11.9 Å². The first-order valence-corrected chi connectivity index (χ1v) is 7.97. The van der Waals surface area contributed by atoms with E-state index in [1.165, 1.54) is 5.56 Å². The number of rotatable bonds is 3. The molecule has 1 fully saturated rings. The van der Waals surface area contributed by atoms with Gasteiger partial charge in [0.25, 0.3) is 0 Å². The summed E-state index contributed by atoms with van der Waals surface area (Å²) >= 11 is 0. The molecular formula is C18H20N4O. The summed E-state index contributed by atoms with van der Waals surface area (Å²) in [5.74, 6) is 1.33. The molecular weight excluding hydrogens is 288 g/mol. The second-order valence-electron chi connectivity index (χ2n) is 6.03. The largest absolute Gasteiger partial charge is 0.367 e. The lowest BCUT2D eigenvalue weighted by molar-refractivity contribution is 0.0271. The molecule has 0 saturated carbocycles. The van der Waals surface area contributed by atoms with Gasteiger partial charge in [-0.15, -0.1) is 0 Å². The van der Waals surface area contributed by atoms with E-state index < -0.39 is 0 Å². The van der Waals surface area contributed by atoms with Gasteiger partial charge in [-0.25, -0.2) is 4.98 Å². The highest BCUT2D eigenvalue weighted by molar-refractivity contribution is 5.54. The second-order valence-corrected chi connectivity index (χ2v) is 6.03. The minimum absolute atomic E-state index is 0.0302. The quantitative estimate of drug-likeness (QED) is 0.780. The molecule has 3 heterocycles. The summed E-state index contributed by atoms with van der Waals surface area (Å²) in [5, 5.41) is 3.58. The van der Waals surface area contributed by atoms with Gasteiger partial charge in [-0.05, 0) is 24.5 Å². The highest BCUT2D eigenvalue weighted by Gasteiger charge is 2.31. The summed E-state index contributed by atoms with van der Waals surface area (Å²) < 4.78 is 5.60. The number of hydrogen-bond donors (Lipinski definition) is 2.